The highest BCUT2D eigenvalue weighted by atomic mass is 17.0. The van der Waals surface area contributed by atoms with E-state index in [2.05, 4.69) is 25.7 Å². The molecule has 0 fully saturated rings. The van der Waals surface area contributed by atoms with Crippen LogP contribution in [0.2, 0.25) is 0 Å². The fourth-order valence-electron chi connectivity index (χ4n) is 0.631. The first-order valence-electron chi connectivity index (χ1n) is 4.07. The van der Waals surface area contributed by atoms with Gasteiger partial charge in [0, 0.05) is 6.42 Å². The highest BCUT2D eigenvalue weighted by Gasteiger charge is 2.03. The molecule has 0 N–H and O–H groups in total. The molecule has 0 aliphatic heterocycles. The lowest BCUT2D eigenvalue weighted by Gasteiger charge is -1.92. The van der Waals surface area contributed by atoms with Gasteiger partial charge in [0.25, 0.3) is 0 Å². The molecular weight excluding hydrogens is 190 g/mol. The Morgan fingerprint density at radius 1 is 1.29 bits per heavy atom. The topological polar surface area (TPSA) is 74.6 Å². The van der Waals surface area contributed by atoms with Crippen LogP contribution in [0.3, 0.4) is 0 Å². The predicted octanol–water partition coefficient (Wildman–Crippen LogP) is -0.373. The van der Waals surface area contributed by atoms with Gasteiger partial charge in [-0.05, 0) is 6.42 Å². The zero-order valence-electron chi connectivity index (χ0n) is 7.61. The molecule has 0 bridgehead atoms. The Morgan fingerprint density at radius 2 is 1.93 bits per heavy atom. The smallest absolute Gasteiger partial charge is 0.344 e. The number of rotatable bonds is 3. The number of hydrogen-bond acceptors (Lipinski definition) is 5. The summed E-state index contributed by atoms with van der Waals surface area (Å²) in [5.74, 6) is 5.45. The van der Waals surface area contributed by atoms with Crippen LogP contribution >= 0.6 is 0 Å². The summed E-state index contributed by atoms with van der Waals surface area (Å²) < 4.78 is 8.43. The summed E-state index contributed by atoms with van der Waals surface area (Å²) in [6.07, 6.45) is 1.73. The van der Waals surface area contributed by atoms with Gasteiger partial charge in [0.05, 0.1) is 0 Å². The molecule has 1 rings (SSSR count). The molecule has 0 aliphatic carbocycles. The van der Waals surface area contributed by atoms with Crippen LogP contribution in [0.15, 0.2) is 18.6 Å². The van der Waals surface area contributed by atoms with Crippen molar-refractivity contribution in [2.45, 2.75) is 19.8 Å². The van der Waals surface area contributed by atoms with Gasteiger partial charge < -0.3 is 4.84 Å². The van der Waals surface area contributed by atoms with E-state index in [4.69, 9.17) is 0 Å². The highest BCUT2D eigenvalue weighted by molar-refractivity contribution is 4.98. The Bertz CT molecular complexity index is 413. The Balaban J connectivity index is 2.44. The van der Waals surface area contributed by atoms with Gasteiger partial charge in [0.2, 0.25) is 0 Å². The first-order chi connectivity index (χ1) is 6.74. The van der Waals surface area contributed by atoms with Crippen LogP contribution in [0.4, 0.5) is 0 Å². The van der Waals surface area contributed by atoms with E-state index < -0.39 is 11.3 Å². The molecule has 0 aliphatic rings. The molecule has 0 saturated heterocycles. The third-order valence-corrected chi connectivity index (χ3v) is 1.22. The van der Waals surface area contributed by atoms with E-state index in [1.807, 2.05) is 6.92 Å². The summed E-state index contributed by atoms with van der Waals surface area (Å²) in [4.78, 5) is 25.6. The van der Waals surface area contributed by atoms with Crippen molar-refractivity contribution in [1.29, 1.82) is 0 Å². The lowest BCUT2D eigenvalue weighted by atomic mass is 10.3. The van der Waals surface area contributed by atoms with Crippen LogP contribution in [0.5, 0.6) is 0 Å². The average Bonchev–Trinajstić information content (AvgIpc) is 2.46. The van der Waals surface area contributed by atoms with Crippen molar-refractivity contribution in [2.75, 3.05) is 6.61 Å². The van der Waals surface area contributed by atoms with Gasteiger partial charge in [-0.2, -0.15) is 0 Å². The fraction of sp³-hybridized carbons (Fsp3) is 0.500. The van der Waals surface area contributed by atoms with Crippen molar-refractivity contribution >= 4 is 0 Å². The largest absolute Gasteiger partial charge is 0.449 e. The van der Waals surface area contributed by atoms with Gasteiger partial charge in [0.15, 0.2) is 6.61 Å². The van der Waals surface area contributed by atoms with E-state index in [0.717, 1.165) is 12.8 Å². The van der Waals surface area contributed by atoms with Gasteiger partial charge in [-0.25, -0.2) is 9.59 Å². The van der Waals surface area contributed by atoms with Crippen molar-refractivity contribution in [3.05, 3.63) is 20.8 Å². The lowest BCUT2D eigenvalue weighted by molar-refractivity contribution is -0.135. The summed E-state index contributed by atoms with van der Waals surface area (Å²) in [5.41, 5.74) is -2.21. The third kappa shape index (κ3) is 2.86. The third-order valence-electron chi connectivity index (χ3n) is 1.22. The van der Waals surface area contributed by atoms with Crippen molar-refractivity contribution in [2.24, 2.45) is 0 Å². The second kappa shape index (κ2) is 4.97. The monoisotopic (exact) mass is 199 g/mol. The van der Waals surface area contributed by atoms with Gasteiger partial charge in [0.1, 0.15) is 5.08 Å². The molecule has 0 atom stereocenters. The van der Waals surface area contributed by atoms with Gasteiger partial charge >= 0.3 is 11.3 Å². The Hall–Kier alpha value is -1.90. The normalized spacial score (nSPS) is 9.21. The first kappa shape index (κ1) is 10.2. The van der Waals surface area contributed by atoms with E-state index in [0.29, 0.717) is 5.08 Å². The van der Waals surface area contributed by atoms with Crippen LogP contribution < -0.4 is 16.1 Å². The maximum atomic E-state index is 10.5. The van der Waals surface area contributed by atoms with Gasteiger partial charge in [-0.15, -0.1) is 0 Å². The van der Waals surface area contributed by atoms with E-state index in [1.165, 1.54) is 0 Å². The molecule has 6 nitrogen and oxygen atoms in total. The average molecular weight is 199 g/mol. The Labute approximate surface area is 78.9 Å². The lowest BCUT2D eigenvalue weighted by Crippen LogP contribution is -2.14. The number of aromatic nitrogens is 1. The summed E-state index contributed by atoms with van der Waals surface area (Å²) in [6.45, 7) is 2.00. The minimum absolute atomic E-state index is 0.000556. The first-order valence-corrected chi connectivity index (χ1v) is 4.07. The second-order valence-electron chi connectivity index (χ2n) is 2.36. The maximum absolute atomic E-state index is 10.5. The van der Waals surface area contributed by atoms with Crippen LogP contribution in [0, 0.1) is 11.8 Å². The molecule has 0 amide bonds. The van der Waals surface area contributed by atoms with Crippen molar-refractivity contribution in [1.82, 2.24) is 5.08 Å². The summed E-state index contributed by atoms with van der Waals surface area (Å²) in [6, 6.07) is 0. The Kier molecular flexibility index (Phi) is 3.61. The summed E-state index contributed by atoms with van der Waals surface area (Å²) in [5, 5.41) is 0.352. The zero-order valence-corrected chi connectivity index (χ0v) is 7.61. The van der Waals surface area contributed by atoms with Crippen molar-refractivity contribution in [3.63, 3.8) is 0 Å². The molecule has 0 aromatic carbocycles. The van der Waals surface area contributed by atoms with E-state index in [-0.39, 0.29) is 6.61 Å². The molecule has 0 spiro atoms. The quantitative estimate of drug-likeness (QED) is 0.490. The fourth-order valence-corrected chi connectivity index (χ4v) is 0.631. The van der Waals surface area contributed by atoms with E-state index in [1.54, 1.807) is 0 Å². The zero-order chi connectivity index (χ0) is 10.4. The molecule has 0 saturated carbocycles. The molecule has 76 valence electrons. The van der Waals surface area contributed by atoms with Crippen molar-refractivity contribution < 1.29 is 13.9 Å². The van der Waals surface area contributed by atoms with E-state index >= 15 is 0 Å². The maximum Gasteiger partial charge on any atom is 0.449 e. The number of unbranched alkanes of at least 4 members (excludes halogenated alkanes) is 1. The van der Waals surface area contributed by atoms with Crippen molar-refractivity contribution in [3.8, 4) is 11.8 Å². The SMILES string of the molecule is CCCC#CCOn1oc(=O)c(=O)o1. The molecule has 1 heterocycles. The minimum atomic E-state index is -1.11. The molecule has 1 aromatic rings. The number of nitrogens with zero attached hydrogens (tertiary/aromatic N) is 1. The van der Waals surface area contributed by atoms with Gasteiger partial charge in [-0.1, -0.05) is 18.8 Å². The molecule has 1 aromatic heterocycles. The molecule has 0 unspecified atom stereocenters. The minimum Gasteiger partial charge on any atom is -0.344 e. The van der Waals surface area contributed by atoms with E-state index in [9.17, 15) is 9.59 Å². The number of hydrogen-bond donors (Lipinski definition) is 0. The summed E-state index contributed by atoms with van der Waals surface area (Å²) in [7, 11) is 0. The molecule has 6 heteroatoms. The van der Waals surface area contributed by atoms with Crippen LogP contribution in [-0.4, -0.2) is 11.7 Å². The van der Waals surface area contributed by atoms with Crippen LogP contribution in [-0.2, 0) is 0 Å². The van der Waals surface area contributed by atoms with Crippen LogP contribution in [0.25, 0.3) is 0 Å². The highest BCUT2D eigenvalue weighted by Crippen LogP contribution is 1.80. The predicted molar refractivity (Wildman–Crippen MR) is 45.6 cm³/mol. The van der Waals surface area contributed by atoms with Gasteiger partial charge in [-0.3, -0.25) is 9.05 Å². The molecule has 0 radical (unpaired) electrons. The molecule has 14 heavy (non-hydrogen) atoms. The van der Waals surface area contributed by atoms with Crippen LogP contribution in [0.1, 0.15) is 19.8 Å². The summed E-state index contributed by atoms with van der Waals surface area (Å²) >= 11 is 0. The molecular formula is C8H9NO5. The second-order valence-corrected chi connectivity index (χ2v) is 2.36. The standard InChI is InChI=1S/C8H9NO5/c1-2-3-4-5-6-12-9-13-7(10)8(11)14-9/h2-3,6H2,1H3. The Morgan fingerprint density at radius 3 is 2.50 bits per heavy atom.